The number of aliphatic hydroxyl groups excluding tert-OH is 1. The number of fused-ring (bicyclic) bond motifs is 3. The summed E-state index contributed by atoms with van der Waals surface area (Å²) < 4.78 is 4.71. The van der Waals surface area contributed by atoms with Gasteiger partial charge in [0.2, 0.25) is 0 Å². The van der Waals surface area contributed by atoms with E-state index >= 15 is 0 Å². The van der Waals surface area contributed by atoms with Gasteiger partial charge < -0.3 is 34.8 Å². The normalized spacial score (nSPS) is 15.1. The maximum atomic E-state index is 9.19. The lowest BCUT2D eigenvalue weighted by Gasteiger charge is -2.31. The van der Waals surface area contributed by atoms with Gasteiger partial charge in [0, 0.05) is 25.2 Å². The third-order valence-electron chi connectivity index (χ3n) is 6.45. The number of H-pyrrole nitrogens is 1. The molecule has 2 aromatic heterocycles. The first kappa shape index (κ1) is 24.6. The predicted molar refractivity (Wildman–Crippen MR) is 119 cm³/mol. The van der Waals surface area contributed by atoms with E-state index in [-0.39, 0.29) is 31.4 Å². The van der Waals surface area contributed by atoms with E-state index in [1.165, 1.54) is 27.2 Å². The first-order chi connectivity index (χ1) is 14.7. The molecule has 8 heteroatoms. The Hall–Kier alpha value is -2.09. The van der Waals surface area contributed by atoms with Gasteiger partial charge in [0.1, 0.15) is 29.5 Å². The number of para-hydroxylation sites is 2. The van der Waals surface area contributed by atoms with Gasteiger partial charge in [-0.3, -0.25) is 4.90 Å². The van der Waals surface area contributed by atoms with E-state index in [4.69, 9.17) is 0 Å². The van der Waals surface area contributed by atoms with Crippen molar-refractivity contribution in [2.24, 2.45) is 0 Å². The number of aromatic nitrogens is 3. The summed E-state index contributed by atoms with van der Waals surface area (Å²) in [6.07, 6.45) is 2.27. The van der Waals surface area contributed by atoms with Crippen LogP contribution in [0.4, 0.5) is 0 Å². The molecule has 3 N–H and O–H groups in total. The van der Waals surface area contributed by atoms with Gasteiger partial charge in [0.05, 0.1) is 26.2 Å². The number of nitrogens with zero attached hydrogens (tertiary/aromatic N) is 3. The number of rotatable bonds is 6. The molecule has 0 spiro atoms. The summed E-state index contributed by atoms with van der Waals surface area (Å²) in [5.74, 6) is 1.14. The molecule has 3 heterocycles. The molecule has 1 aliphatic rings. The second-order valence-corrected chi connectivity index (χ2v) is 8.43. The summed E-state index contributed by atoms with van der Waals surface area (Å²) in [4.78, 5) is 7.71. The van der Waals surface area contributed by atoms with E-state index < -0.39 is 0 Å². The molecule has 32 heavy (non-hydrogen) atoms. The Balaban J connectivity index is 0.00000144. The zero-order valence-electron chi connectivity index (χ0n) is 18.4. The minimum absolute atomic E-state index is 0. The Kier molecular flexibility index (Phi) is 8.20. The topological polar surface area (TPSA) is 52.7 Å². The van der Waals surface area contributed by atoms with Crippen LogP contribution < -0.4 is 34.1 Å². The molecule has 4 aromatic rings. The number of nitrogens with one attached hydrogen (secondary N) is 2. The highest BCUT2D eigenvalue weighted by molar-refractivity contribution is 5.74. The average Bonchev–Trinajstić information content (AvgIpc) is 3.30. The minimum Gasteiger partial charge on any atom is -1.00 e. The van der Waals surface area contributed by atoms with Crippen molar-refractivity contribution in [3.8, 4) is 11.3 Å². The average molecular weight is 476 g/mol. The largest absolute Gasteiger partial charge is 1.00 e. The van der Waals surface area contributed by atoms with Crippen LogP contribution in [-0.4, -0.2) is 65.4 Å². The van der Waals surface area contributed by atoms with Gasteiger partial charge >= 0.3 is 5.78 Å². The molecule has 172 valence electrons. The van der Waals surface area contributed by atoms with Crippen molar-refractivity contribution < 1.29 is 39.2 Å². The lowest BCUT2D eigenvalue weighted by atomic mass is 10.1. The zero-order valence-corrected chi connectivity index (χ0v) is 19.9. The number of aromatic amines is 1. The molecule has 6 nitrogen and oxygen atoms in total. The highest BCUT2D eigenvalue weighted by atomic mass is 35.5. The first-order valence-corrected chi connectivity index (χ1v) is 11.0. The van der Waals surface area contributed by atoms with Crippen LogP contribution in [0.2, 0.25) is 0 Å². The highest BCUT2D eigenvalue weighted by Crippen LogP contribution is 2.23. The van der Waals surface area contributed by atoms with Crippen LogP contribution in [-0.2, 0) is 6.54 Å². The molecular weight excluding hydrogens is 445 g/mol. The third-order valence-corrected chi connectivity index (χ3v) is 6.45. The number of halogens is 2. The van der Waals surface area contributed by atoms with Crippen molar-refractivity contribution in [1.82, 2.24) is 14.5 Å². The van der Waals surface area contributed by atoms with Crippen molar-refractivity contribution in [3.05, 3.63) is 60.3 Å². The standard InChI is InChI=1S/C24H29N5O.2ClH/c1-19-6-8-20(9-7-19)23-18-29-22-5-3-2-4-21(22)25-24(29)28(23)15-14-26-10-12-27(13-11-26)16-17-30;;/h2-9,18,30H,10-17H2,1H3;2*1H. The van der Waals surface area contributed by atoms with Crippen molar-refractivity contribution in [3.63, 3.8) is 0 Å². The molecule has 1 fully saturated rings. The van der Waals surface area contributed by atoms with Crippen LogP contribution >= 0.6 is 0 Å². The molecule has 2 aromatic carbocycles. The smallest absolute Gasteiger partial charge is 0.368 e. The third kappa shape index (κ3) is 4.80. The summed E-state index contributed by atoms with van der Waals surface area (Å²) in [7, 11) is 0. The molecule has 0 saturated carbocycles. The maximum Gasteiger partial charge on any atom is 0.368 e. The number of hydrogen-bond acceptors (Lipinski definition) is 2. The summed E-state index contributed by atoms with van der Waals surface area (Å²) in [6, 6.07) is 17.3. The zero-order chi connectivity index (χ0) is 20.5. The van der Waals surface area contributed by atoms with E-state index in [2.05, 4.69) is 80.5 Å². The number of hydrogen-bond donors (Lipinski definition) is 3. The van der Waals surface area contributed by atoms with Crippen LogP contribution in [0, 0.1) is 6.92 Å². The van der Waals surface area contributed by atoms with Crippen molar-refractivity contribution in [2.45, 2.75) is 13.5 Å². The Bertz CT molecular complexity index is 1150. The number of piperazine rings is 1. The number of quaternary nitrogens is 1. The summed E-state index contributed by atoms with van der Waals surface area (Å²) in [6.45, 7) is 9.70. The molecule has 0 amide bonds. The molecule has 0 atom stereocenters. The number of aliphatic hydroxyl groups is 1. The second kappa shape index (κ2) is 10.7. The summed E-state index contributed by atoms with van der Waals surface area (Å²) >= 11 is 0. The fourth-order valence-electron chi connectivity index (χ4n) is 4.64. The van der Waals surface area contributed by atoms with Gasteiger partial charge in [-0.25, -0.2) is 9.55 Å². The fraction of sp³-hybridized carbons (Fsp3) is 0.375. The molecule has 0 unspecified atom stereocenters. The molecule has 1 saturated heterocycles. The minimum atomic E-state index is 0. The molecule has 5 rings (SSSR count). The monoisotopic (exact) mass is 475 g/mol. The number of imidazole rings is 2. The van der Waals surface area contributed by atoms with Crippen molar-refractivity contribution in [1.29, 1.82) is 0 Å². The lowest BCUT2D eigenvalue weighted by molar-refractivity contribution is -0.904. The van der Waals surface area contributed by atoms with E-state index in [1.54, 1.807) is 0 Å². The first-order valence-electron chi connectivity index (χ1n) is 11.0. The van der Waals surface area contributed by atoms with Gasteiger partial charge in [-0.1, -0.05) is 42.0 Å². The number of aryl methyl sites for hydroxylation is 1. The molecular formula is C24H31Cl2N5O. The summed E-state index contributed by atoms with van der Waals surface area (Å²) in [5.41, 5.74) is 6.15. The van der Waals surface area contributed by atoms with Crippen LogP contribution in [0.3, 0.4) is 0 Å². The molecule has 0 radical (unpaired) electrons. The van der Waals surface area contributed by atoms with E-state index in [1.807, 2.05) is 0 Å². The second-order valence-electron chi connectivity index (χ2n) is 8.43. The van der Waals surface area contributed by atoms with Crippen LogP contribution in [0.1, 0.15) is 5.56 Å². The maximum absolute atomic E-state index is 9.19. The van der Waals surface area contributed by atoms with Crippen LogP contribution in [0.25, 0.3) is 28.1 Å². The predicted octanol–water partition coefficient (Wildman–Crippen LogP) is -5.12. The van der Waals surface area contributed by atoms with E-state index in [0.717, 1.165) is 57.1 Å². The Morgan fingerprint density at radius 3 is 2.44 bits per heavy atom. The van der Waals surface area contributed by atoms with Gasteiger partial charge in [0.15, 0.2) is 0 Å². The SMILES string of the molecule is Cc1ccc(-c2c[n+]3c4ccccc4[nH]c3n2CCN2CC[NH+](CCO)CC2)cc1.[Cl-].[Cl-]. The number of benzene rings is 2. The van der Waals surface area contributed by atoms with Crippen LogP contribution in [0.5, 0.6) is 0 Å². The van der Waals surface area contributed by atoms with Gasteiger partial charge in [-0.2, -0.15) is 4.40 Å². The van der Waals surface area contributed by atoms with Gasteiger partial charge in [-0.15, -0.1) is 0 Å². The molecule has 1 aliphatic heterocycles. The Morgan fingerprint density at radius 1 is 1.00 bits per heavy atom. The van der Waals surface area contributed by atoms with E-state index in [0.29, 0.717) is 0 Å². The van der Waals surface area contributed by atoms with Crippen molar-refractivity contribution in [2.75, 3.05) is 45.9 Å². The van der Waals surface area contributed by atoms with Crippen molar-refractivity contribution >= 4 is 16.8 Å². The Labute approximate surface area is 201 Å². The Morgan fingerprint density at radius 2 is 1.72 bits per heavy atom. The molecule has 0 bridgehead atoms. The van der Waals surface area contributed by atoms with E-state index in [9.17, 15) is 5.11 Å². The highest BCUT2D eigenvalue weighted by Gasteiger charge is 2.24. The van der Waals surface area contributed by atoms with Gasteiger partial charge in [-0.05, 0) is 19.1 Å². The molecule has 0 aliphatic carbocycles. The summed E-state index contributed by atoms with van der Waals surface area (Å²) in [5, 5.41) is 9.19. The lowest BCUT2D eigenvalue weighted by Crippen LogP contribution is -3.15. The fourth-order valence-corrected chi connectivity index (χ4v) is 4.64. The van der Waals surface area contributed by atoms with Crippen LogP contribution in [0.15, 0.2) is 54.7 Å². The van der Waals surface area contributed by atoms with Gasteiger partial charge in [0.25, 0.3) is 0 Å². The quantitative estimate of drug-likeness (QED) is 0.244.